The topological polar surface area (TPSA) is 46.9 Å². The van der Waals surface area contributed by atoms with Gasteiger partial charge in [0.25, 0.3) is 0 Å². The van der Waals surface area contributed by atoms with Crippen LogP contribution in [0.1, 0.15) is 38.1 Å². The van der Waals surface area contributed by atoms with Crippen LogP contribution >= 0.6 is 11.6 Å². The fourth-order valence-electron chi connectivity index (χ4n) is 2.14. The summed E-state index contributed by atoms with van der Waals surface area (Å²) in [5, 5.41) is 6.98. The number of anilines is 1. The van der Waals surface area contributed by atoms with Crippen LogP contribution in [0, 0.1) is 0 Å². The molecule has 1 N–H and O–H groups in total. The summed E-state index contributed by atoms with van der Waals surface area (Å²) >= 11 is 5.42. The van der Waals surface area contributed by atoms with Crippen LogP contribution in [0.25, 0.3) is 0 Å². The van der Waals surface area contributed by atoms with Gasteiger partial charge in [-0.2, -0.15) is 5.10 Å². The summed E-state index contributed by atoms with van der Waals surface area (Å²) in [6, 6.07) is 0.496. The number of aromatic nitrogens is 2. The van der Waals surface area contributed by atoms with E-state index in [9.17, 15) is 4.79 Å². The Labute approximate surface area is 100.0 Å². The van der Waals surface area contributed by atoms with Gasteiger partial charge in [0.15, 0.2) is 0 Å². The van der Waals surface area contributed by atoms with Crippen molar-refractivity contribution >= 4 is 23.2 Å². The van der Waals surface area contributed by atoms with Crippen molar-refractivity contribution in [1.29, 1.82) is 0 Å². The number of carbonyl (C=O) groups is 1. The predicted octanol–water partition coefficient (Wildman–Crippen LogP) is 2.57. The summed E-state index contributed by atoms with van der Waals surface area (Å²) in [7, 11) is 0. The van der Waals surface area contributed by atoms with E-state index in [1.807, 2.05) is 10.9 Å². The molecular weight excluding hydrogens is 226 g/mol. The smallest absolute Gasteiger partial charge is 0.239 e. The van der Waals surface area contributed by atoms with Crippen LogP contribution in [0.3, 0.4) is 0 Å². The van der Waals surface area contributed by atoms with Crippen LogP contribution in [-0.2, 0) is 4.79 Å². The van der Waals surface area contributed by atoms with Crippen LogP contribution in [0.4, 0.5) is 5.69 Å². The van der Waals surface area contributed by atoms with E-state index in [-0.39, 0.29) is 11.8 Å². The highest BCUT2D eigenvalue weighted by Gasteiger charge is 2.16. The molecule has 0 aliphatic heterocycles. The van der Waals surface area contributed by atoms with Gasteiger partial charge in [-0.25, -0.2) is 0 Å². The van der Waals surface area contributed by atoms with Crippen molar-refractivity contribution in [2.24, 2.45) is 0 Å². The highest BCUT2D eigenvalue weighted by atomic mass is 35.5. The van der Waals surface area contributed by atoms with Crippen molar-refractivity contribution in [1.82, 2.24) is 9.78 Å². The molecule has 1 amide bonds. The number of carbonyl (C=O) groups excluding carboxylic acids is 1. The molecule has 1 aromatic heterocycles. The van der Waals surface area contributed by atoms with Crippen molar-refractivity contribution in [2.45, 2.75) is 38.1 Å². The fourth-order valence-corrected chi connectivity index (χ4v) is 2.21. The lowest BCUT2D eigenvalue weighted by atomic mass is 9.96. The molecule has 88 valence electrons. The number of amides is 1. The number of hydrogen-bond acceptors (Lipinski definition) is 2. The summed E-state index contributed by atoms with van der Waals surface area (Å²) in [5.74, 6) is -0.209. The molecule has 0 aromatic carbocycles. The molecular formula is C11H16ClN3O. The highest BCUT2D eigenvalue weighted by molar-refractivity contribution is 6.29. The van der Waals surface area contributed by atoms with Crippen molar-refractivity contribution in [3.8, 4) is 0 Å². The van der Waals surface area contributed by atoms with Gasteiger partial charge in [0.05, 0.1) is 17.9 Å². The van der Waals surface area contributed by atoms with Crippen LogP contribution < -0.4 is 5.32 Å². The molecule has 0 unspecified atom stereocenters. The maximum absolute atomic E-state index is 11.1. The summed E-state index contributed by atoms with van der Waals surface area (Å²) in [4.78, 5) is 11.1. The minimum atomic E-state index is -0.190. The van der Waals surface area contributed by atoms with Gasteiger partial charge in [0.1, 0.15) is 5.88 Å². The third-order valence-corrected chi connectivity index (χ3v) is 3.20. The van der Waals surface area contributed by atoms with Crippen molar-refractivity contribution < 1.29 is 4.79 Å². The predicted molar refractivity (Wildman–Crippen MR) is 63.7 cm³/mol. The van der Waals surface area contributed by atoms with Crippen LogP contribution in [0.2, 0.25) is 0 Å². The van der Waals surface area contributed by atoms with Crippen molar-refractivity contribution in [3.63, 3.8) is 0 Å². The van der Waals surface area contributed by atoms with Gasteiger partial charge in [0.2, 0.25) is 5.91 Å². The molecule has 2 rings (SSSR count). The number of nitrogens with one attached hydrogen (secondary N) is 1. The van der Waals surface area contributed by atoms with Gasteiger partial charge in [-0.3, -0.25) is 9.48 Å². The van der Waals surface area contributed by atoms with Crippen LogP contribution in [0.5, 0.6) is 0 Å². The average molecular weight is 242 g/mol. The largest absolute Gasteiger partial charge is 0.322 e. The minimum absolute atomic E-state index is 0.0192. The zero-order chi connectivity index (χ0) is 11.4. The number of rotatable bonds is 3. The monoisotopic (exact) mass is 241 g/mol. The standard InChI is InChI=1S/C11H16ClN3O/c12-6-11(16)14-9-7-13-15(8-9)10-4-2-1-3-5-10/h7-8,10H,1-6H2,(H,14,16). The Hall–Kier alpha value is -1.03. The second kappa shape index (κ2) is 5.34. The summed E-state index contributed by atoms with van der Waals surface area (Å²) in [5.41, 5.74) is 0.733. The Morgan fingerprint density at radius 3 is 2.94 bits per heavy atom. The maximum atomic E-state index is 11.1. The molecule has 0 bridgehead atoms. The zero-order valence-electron chi connectivity index (χ0n) is 9.16. The lowest BCUT2D eigenvalue weighted by Crippen LogP contribution is -2.14. The fraction of sp³-hybridized carbons (Fsp3) is 0.636. The van der Waals surface area contributed by atoms with Crippen molar-refractivity contribution in [3.05, 3.63) is 12.4 Å². The first-order valence-corrected chi connectivity index (χ1v) is 6.23. The van der Waals surface area contributed by atoms with E-state index < -0.39 is 0 Å². The van der Waals surface area contributed by atoms with E-state index in [2.05, 4.69) is 10.4 Å². The molecule has 0 saturated heterocycles. The minimum Gasteiger partial charge on any atom is -0.322 e. The first-order valence-electron chi connectivity index (χ1n) is 5.69. The molecule has 1 aliphatic rings. The second-order valence-corrected chi connectivity index (χ2v) is 4.45. The Morgan fingerprint density at radius 2 is 2.25 bits per heavy atom. The molecule has 1 heterocycles. The third-order valence-electron chi connectivity index (χ3n) is 2.96. The Bertz CT molecular complexity index is 358. The molecule has 4 nitrogen and oxygen atoms in total. The van der Waals surface area contributed by atoms with E-state index in [1.165, 1.54) is 32.1 Å². The number of alkyl halides is 1. The van der Waals surface area contributed by atoms with E-state index in [0.717, 1.165) is 5.69 Å². The number of nitrogens with zero attached hydrogens (tertiary/aromatic N) is 2. The molecule has 16 heavy (non-hydrogen) atoms. The molecule has 1 saturated carbocycles. The lowest BCUT2D eigenvalue weighted by Gasteiger charge is -2.21. The highest BCUT2D eigenvalue weighted by Crippen LogP contribution is 2.28. The zero-order valence-corrected chi connectivity index (χ0v) is 9.91. The quantitative estimate of drug-likeness (QED) is 0.827. The van der Waals surface area contributed by atoms with Gasteiger partial charge in [-0.05, 0) is 12.8 Å². The van der Waals surface area contributed by atoms with Gasteiger partial charge in [0, 0.05) is 6.20 Å². The molecule has 1 aromatic rings. The molecule has 0 atom stereocenters. The molecule has 1 fully saturated rings. The van der Waals surface area contributed by atoms with Gasteiger partial charge in [-0.15, -0.1) is 11.6 Å². The van der Waals surface area contributed by atoms with Crippen LogP contribution in [0.15, 0.2) is 12.4 Å². The lowest BCUT2D eigenvalue weighted by molar-refractivity contribution is -0.113. The Balaban J connectivity index is 1.98. The number of hydrogen-bond donors (Lipinski definition) is 1. The summed E-state index contributed by atoms with van der Waals surface area (Å²) in [6.07, 6.45) is 9.81. The van der Waals surface area contributed by atoms with E-state index in [1.54, 1.807) is 6.20 Å². The normalized spacial score (nSPS) is 17.3. The van der Waals surface area contributed by atoms with Crippen molar-refractivity contribution in [2.75, 3.05) is 11.2 Å². The van der Waals surface area contributed by atoms with Gasteiger partial charge < -0.3 is 5.32 Å². The Morgan fingerprint density at radius 1 is 1.50 bits per heavy atom. The van der Waals surface area contributed by atoms with Crippen LogP contribution in [-0.4, -0.2) is 21.6 Å². The SMILES string of the molecule is O=C(CCl)Nc1cnn(C2CCCCC2)c1. The summed E-state index contributed by atoms with van der Waals surface area (Å²) in [6.45, 7) is 0. The Kier molecular flexibility index (Phi) is 3.83. The van der Waals surface area contributed by atoms with Gasteiger partial charge in [-0.1, -0.05) is 19.3 Å². The molecule has 5 heteroatoms. The average Bonchev–Trinajstić information content (AvgIpc) is 2.78. The molecule has 1 aliphatic carbocycles. The van der Waals surface area contributed by atoms with E-state index in [4.69, 9.17) is 11.6 Å². The number of halogens is 1. The summed E-state index contributed by atoms with van der Waals surface area (Å²) < 4.78 is 1.96. The first-order chi connectivity index (χ1) is 7.79. The van der Waals surface area contributed by atoms with E-state index >= 15 is 0 Å². The third kappa shape index (κ3) is 2.76. The van der Waals surface area contributed by atoms with Gasteiger partial charge >= 0.3 is 0 Å². The molecule has 0 radical (unpaired) electrons. The molecule has 0 spiro atoms. The maximum Gasteiger partial charge on any atom is 0.239 e. The van der Waals surface area contributed by atoms with E-state index in [0.29, 0.717) is 6.04 Å². The first kappa shape index (κ1) is 11.5. The second-order valence-electron chi connectivity index (χ2n) is 4.18.